The predicted molar refractivity (Wildman–Crippen MR) is 123 cm³/mol. The Bertz CT molecular complexity index is 698. The fraction of sp³-hybridized carbons (Fsp3) is 0.474. The second kappa shape index (κ2) is 13.8. The summed E-state index contributed by atoms with van der Waals surface area (Å²) >= 11 is 10.3. The van der Waals surface area contributed by atoms with Gasteiger partial charge in [-0.3, -0.25) is 14.8 Å². The van der Waals surface area contributed by atoms with E-state index in [9.17, 15) is 14.8 Å². The Morgan fingerprint density at radius 2 is 1.62 bits per heavy atom. The SMILES string of the molecule is CNC(=O)CCC(=O)N(O)CCCCCNC(=S)Nc1ccc(NC(C)=S)cc1. The minimum Gasteiger partial charge on any atom is -0.362 e. The summed E-state index contributed by atoms with van der Waals surface area (Å²) in [5.41, 5.74) is 1.80. The Morgan fingerprint density at radius 1 is 1.00 bits per heavy atom. The number of hydrogen-bond acceptors (Lipinski definition) is 5. The Hall–Kier alpha value is -2.30. The van der Waals surface area contributed by atoms with Crippen LogP contribution >= 0.6 is 24.4 Å². The average molecular weight is 440 g/mol. The van der Waals surface area contributed by atoms with Crippen molar-refractivity contribution in [3.8, 4) is 0 Å². The number of carbonyl (C=O) groups excluding carboxylic acids is 2. The molecule has 0 saturated carbocycles. The standard InChI is InChI=1S/C19H29N5O3S2/c1-14(28)22-15-6-8-16(9-7-15)23-19(29)21-12-4-3-5-13-24(27)18(26)11-10-17(25)20-2/h6-9,27H,3-5,10-13H2,1-2H3,(H,20,25)(H,22,28)(H2,21,23,29). The van der Waals surface area contributed by atoms with E-state index in [-0.39, 0.29) is 25.3 Å². The largest absolute Gasteiger partial charge is 0.362 e. The quantitative estimate of drug-likeness (QED) is 0.155. The third-order valence-corrected chi connectivity index (χ3v) is 4.28. The van der Waals surface area contributed by atoms with E-state index in [0.29, 0.717) is 28.1 Å². The van der Waals surface area contributed by atoms with Gasteiger partial charge in [-0.1, -0.05) is 12.2 Å². The van der Waals surface area contributed by atoms with Gasteiger partial charge in [0.05, 0.1) is 4.99 Å². The lowest BCUT2D eigenvalue weighted by atomic mass is 10.2. The van der Waals surface area contributed by atoms with Gasteiger partial charge in [0.25, 0.3) is 0 Å². The topological polar surface area (TPSA) is 106 Å². The molecule has 0 spiro atoms. The molecular formula is C19H29N5O3S2. The molecule has 1 aromatic rings. The maximum absolute atomic E-state index is 11.7. The zero-order valence-electron chi connectivity index (χ0n) is 16.8. The van der Waals surface area contributed by atoms with Gasteiger partial charge in [0.1, 0.15) is 0 Å². The molecule has 0 aliphatic carbocycles. The van der Waals surface area contributed by atoms with Crippen molar-refractivity contribution < 1.29 is 14.8 Å². The number of rotatable bonds is 11. The number of unbranched alkanes of at least 4 members (excludes halogenated alkanes) is 2. The smallest absolute Gasteiger partial charge is 0.246 e. The van der Waals surface area contributed by atoms with Crippen molar-refractivity contribution in [3.63, 3.8) is 0 Å². The highest BCUT2D eigenvalue weighted by atomic mass is 32.1. The van der Waals surface area contributed by atoms with Crippen LogP contribution in [0.3, 0.4) is 0 Å². The fourth-order valence-corrected chi connectivity index (χ4v) is 2.72. The van der Waals surface area contributed by atoms with Crippen LogP contribution in [0.5, 0.6) is 0 Å². The Kier molecular flexibility index (Phi) is 11.8. The summed E-state index contributed by atoms with van der Waals surface area (Å²) in [5.74, 6) is -0.667. The van der Waals surface area contributed by atoms with Gasteiger partial charge in [-0.2, -0.15) is 0 Å². The number of thiocarbonyl (C=S) groups is 2. The highest BCUT2D eigenvalue weighted by molar-refractivity contribution is 7.80. The molecule has 10 heteroatoms. The molecule has 2 amide bonds. The van der Waals surface area contributed by atoms with E-state index in [1.165, 1.54) is 7.05 Å². The number of amides is 2. The molecule has 0 aromatic heterocycles. The number of benzene rings is 1. The molecule has 160 valence electrons. The Balaban J connectivity index is 2.13. The van der Waals surface area contributed by atoms with Crippen LogP contribution < -0.4 is 21.3 Å². The second-order valence-corrected chi connectivity index (χ2v) is 7.41. The third kappa shape index (κ3) is 11.3. The fourth-order valence-electron chi connectivity index (χ4n) is 2.38. The Morgan fingerprint density at radius 3 is 2.21 bits per heavy atom. The zero-order chi connectivity index (χ0) is 21.6. The van der Waals surface area contributed by atoms with E-state index >= 15 is 0 Å². The van der Waals surface area contributed by atoms with Crippen LogP contribution in [0.4, 0.5) is 11.4 Å². The van der Waals surface area contributed by atoms with Crippen LogP contribution in [0.2, 0.25) is 0 Å². The highest BCUT2D eigenvalue weighted by Crippen LogP contribution is 2.13. The maximum Gasteiger partial charge on any atom is 0.246 e. The van der Waals surface area contributed by atoms with Crippen molar-refractivity contribution in [1.82, 2.24) is 15.7 Å². The van der Waals surface area contributed by atoms with Gasteiger partial charge in [-0.05, 0) is 62.7 Å². The molecule has 29 heavy (non-hydrogen) atoms. The number of anilines is 2. The number of carbonyl (C=O) groups is 2. The number of nitrogens with one attached hydrogen (secondary N) is 4. The summed E-state index contributed by atoms with van der Waals surface area (Å²) in [6, 6.07) is 7.64. The van der Waals surface area contributed by atoms with Gasteiger partial charge >= 0.3 is 0 Å². The summed E-state index contributed by atoms with van der Waals surface area (Å²) in [4.78, 5) is 23.5. The van der Waals surface area contributed by atoms with Gasteiger partial charge in [-0.25, -0.2) is 5.06 Å². The second-order valence-electron chi connectivity index (χ2n) is 6.39. The number of hydroxylamine groups is 2. The van der Waals surface area contributed by atoms with Gasteiger partial charge in [0.2, 0.25) is 11.8 Å². The van der Waals surface area contributed by atoms with Crippen molar-refractivity contribution in [2.24, 2.45) is 0 Å². The molecule has 0 radical (unpaired) electrons. The van der Waals surface area contributed by atoms with E-state index in [4.69, 9.17) is 24.4 Å². The van der Waals surface area contributed by atoms with Crippen molar-refractivity contribution in [3.05, 3.63) is 24.3 Å². The number of hydrogen-bond donors (Lipinski definition) is 5. The molecule has 0 fully saturated rings. The van der Waals surface area contributed by atoms with Gasteiger partial charge in [0.15, 0.2) is 5.11 Å². The summed E-state index contributed by atoms with van der Waals surface area (Å²) < 4.78 is 0. The molecule has 0 aliphatic rings. The zero-order valence-corrected chi connectivity index (χ0v) is 18.4. The van der Waals surface area contributed by atoms with E-state index in [2.05, 4.69) is 21.3 Å². The van der Waals surface area contributed by atoms with Crippen LogP contribution in [-0.2, 0) is 9.59 Å². The number of nitrogens with zero attached hydrogens (tertiary/aromatic N) is 1. The predicted octanol–water partition coefficient (Wildman–Crippen LogP) is 2.65. The van der Waals surface area contributed by atoms with Crippen molar-refractivity contribution in [2.75, 3.05) is 30.8 Å². The minimum absolute atomic E-state index is 0.000166. The monoisotopic (exact) mass is 439 g/mol. The molecule has 0 saturated heterocycles. The molecule has 0 atom stereocenters. The maximum atomic E-state index is 11.7. The molecule has 1 rings (SSSR count). The van der Waals surface area contributed by atoms with E-state index < -0.39 is 5.91 Å². The molecule has 8 nitrogen and oxygen atoms in total. The van der Waals surface area contributed by atoms with Crippen molar-refractivity contribution in [1.29, 1.82) is 0 Å². The summed E-state index contributed by atoms with van der Waals surface area (Å²) in [5, 5.41) is 22.6. The van der Waals surface area contributed by atoms with Crippen LogP contribution in [0.15, 0.2) is 24.3 Å². The van der Waals surface area contributed by atoms with Gasteiger partial charge in [-0.15, -0.1) is 0 Å². The summed E-state index contributed by atoms with van der Waals surface area (Å²) in [7, 11) is 1.51. The Labute approximate surface area is 182 Å². The van der Waals surface area contributed by atoms with Crippen LogP contribution in [0.25, 0.3) is 0 Å². The first-order valence-electron chi connectivity index (χ1n) is 9.44. The molecule has 5 N–H and O–H groups in total. The van der Waals surface area contributed by atoms with Crippen LogP contribution in [0.1, 0.15) is 39.0 Å². The normalized spacial score (nSPS) is 10.0. The highest BCUT2D eigenvalue weighted by Gasteiger charge is 2.12. The first kappa shape index (κ1) is 24.7. The molecule has 1 aromatic carbocycles. The van der Waals surface area contributed by atoms with E-state index in [0.717, 1.165) is 24.2 Å². The first-order valence-corrected chi connectivity index (χ1v) is 10.3. The summed E-state index contributed by atoms with van der Waals surface area (Å²) in [6.07, 6.45) is 2.41. The van der Waals surface area contributed by atoms with Gasteiger partial charge in [0, 0.05) is 44.4 Å². The lowest BCUT2D eigenvalue weighted by Crippen LogP contribution is -2.30. The van der Waals surface area contributed by atoms with E-state index in [1.54, 1.807) is 0 Å². The lowest BCUT2D eigenvalue weighted by molar-refractivity contribution is -0.166. The molecule has 0 heterocycles. The van der Waals surface area contributed by atoms with Crippen LogP contribution in [-0.4, -0.2) is 52.3 Å². The molecule has 0 unspecified atom stereocenters. The average Bonchev–Trinajstić information content (AvgIpc) is 2.69. The van der Waals surface area contributed by atoms with E-state index in [1.807, 2.05) is 31.2 Å². The minimum atomic E-state index is -0.445. The first-order chi connectivity index (χ1) is 13.8. The molecule has 0 bridgehead atoms. The van der Waals surface area contributed by atoms with Gasteiger partial charge < -0.3 is 21.3 Å². The molecular weight excluding hydrogens is 410 g/mol. The third-order valence-electron chi connectivity index (χ3n) is 3.93. The molecule has 0 aliphatic heterocycles. The van der Waals surface area contributed by atoms with Crippen molar-refractivity contribution >= 4 is 57.7 Å². The lowest BCUT2D eigenvalue weighted by Gasteiger charge is -2.15. The van der Waals surface area contributed by atoms with Crippen molar-refractivity contribution in [2.45, 2.75) is 39.0 Å². The summed E-state index contributed by atoms with van der Waals surface area (Å²) in [6.45, 7) is 2.76. The van der Waals surface area contributed by atoms with Crippen LogP contribution in [0, 0.1) is 0 Å².